The molecule has 0 unspecified atom stereocenters. The van der Waals surface area contributed by atoms with Crippen LogP contribution in [0.4, 0.5) is 0 Å². The second-order valence-electron chi connectivity index (χ2n) is 5.69. The van der Waals surface area contributed by atoms with Crippen molar-refractivity contribution in [1.29, 1.82) is 0 Å². The summed E-state index contributed by atoms with van der Waals surface area (Å²) in [6.07, 6.45) is 1.72. The van der Waals surface area contributed by atoms with Gasteiger partial charge < -0.3 is 5.11 Å². The van der Waals surface area contributed by atoms with Crippen molar-refractivity contribution >= 4 is 17.6 Å². The van der Waals surface area contributed by atoms with Crippen LogP contribution in [0.5, 0.6) is 5.75 Å². The van der Waals surface area contributed by atoms with Crippen molar-refractivity contribution in [2.24, 2.45) is 10.1 Å². The van der Waals surface area contributed by atoms with Crippen LogP contribution >= 0.6 is 11.3 Å². The highest BCUT2D eigenvalue weighted by Gasteiger charge is 2.06. The minimum absolute atomic E-state index is 0.217. The maximum absolute atomic E-state index is 9.61. The van der Waals surface area contributed by atoms with Gasteiger partial charge in [0.15, 0.2) is 0 Å². The molecule has 0 aliphatic rings. The van der Waals surface area contributed by atoms with E-state index >= 15 is 0 Å². The monoisotopic (exact) mass is 349 g/mol. The largest absolute Gasteiger partial charge is 0.508 e. The van der Waals surface area contributed by atoms with Crippen molar-refractivity contribution in [3.05, 3.63) is 82.5 Å². The van der Waals surface area contributed by atoms with Gasteiger partial charge >= 0.3 is 0 Å². The number of hydrogen-bond acceptors (Lipinski definition) is 4. The van der Waals surface area contributed by atoms with E-state index in [2.05, 4.69) is 16.7 Å². The molecular weight excluding hydrogens is 330 g/mol. The summed E-state index contributed by atoms with van der Waals surface area (Å²) in [6, 6.07) is 17.1. The Labute approximate surface area is 150 Å². The number of aromatic nitrogens is 1. The lowest BCUT2D eigenvalue weighted by Gasteiger charge is -2.03. The Morgan fingerprint density at radius 3 is 2.72 bits per heavy atom. The topological polar surface area (TPSA) is 49.9 Å². The van der Waals surface area contributed by atoms with Crippen LogP contribution in [0.1, 0.15) is 12.5 Å². The smallest absolute Gasteiger partial charge is 0.206 e. The molecule has 0 aliphatic carbocycles. The normalized spacial score (nSPS) is 12.0. The summed E-state index contributed by atoms with van der Waals surface area (Å²) in [4.78, 5) is 5.40. The van der Waals surface area contributed by atoms with E-state index in [0.29, 0.717) is 6.54 Å². The molecule has 4 nitrogen and oxygen atoms in total. The Balaban J connectivity index is 2.06. The lowest BCUT2D eigenvalue weighted by atomic mass is 10.2. The van der Waals surface area contributed by atoms with Gasteiger partial charge in [-0.1, -0.05) is 54.6 Å². The molecule has 3 rings (SSSR count). The molecule has 0 aliphatic heterocycles. The van der Waals surface area contributed by atoms with E-state index in [1.165, 1.54) is 0 Å². The van der Waals surface area contributed by atoms with E-state index in [-0.39, 0.29) is 5.75 Å². The van der Waals surface area contributed by atoms with E-state index in [1.54, 1.807) is 35.8 Å². The summed E-state index contributed by atoms with van der Waals surface area (Å²) in [5, 5.41) is 16.3. The fraction of sp³-hybridized carbons (Fsp3) is 0.100. The second-order valence-corrected chi connectivity index (χ2v) is 6.53. The molecule has 0 radical (unpaired) electrons. The van der Waals surface area contributed by atoms with Gasteiger partial charge in [0.2, 0.25) is 4.80 Å². The molecule has 5 heteroatoms. The molecule has 0 saturated heterocycles. The summed E-state index contributed by atoms with van der Waals surface area (Å²) < 4.78 is 1.83. The first-order valence-corrected chi connectivity index (χ1v) is 8.75. The third-order valence-corrected chi connectivity index (χ3v) is 4.29. The SMILES string of the molecule is C=C(C)CN=c1scc(-c2ccccc2)n1N=Cc1cccc(O)c1. The molecule has 0 fully saturated rings. The summed E-state index contributed by atoms with van der Waals surface area (Å²) in [5.74, 6) is 0.217. The van der Waals surface area contributed by atoms with Gasteiger partial charge in [-0.3, -0.25) is 4.99 Å². The van der Waals surface area contributed by atoms with Gasteiger partial charge in [0, 0.05) is 10.9 Å². The van der Waals surface area contributed by atoms with Crippen LogP contribution in [0.25, 0.3) is 11.3 Å². The molecule has 0 amide bonds. The molecule has 0 bridgehead atoms. The summed E-state index contributed by atoms with van der Waals surface area (Å²) in [5.41, 5.74) is 3.87. The second kappa shape index (κ2) is 7.77. The van der Waals surface area contributed by atoms with Gasteiger partial charge in [-0.05, 0) is 24.6 Å². The Morgan fingerprint density at radius 2 is 2.00 bits per heavy atom. The van der Waals surface area contributed by atoms with E-state index in [0.717, 1.165) is 27.2 Å². The van der Waals surface area contributed by atoms with Crippen molar-refractivity contribution in [2.45, 2.75) is 6.92 Å². The first kappa shape index (κ1) is 16.9. The van der Waals surface area contributed by atoms with Crippen LogP contribution < -0.4 is 4.80 Å². The fourth-order valence-corrected chi connectivity index (χ4v) is 3.10. The number of phenolic OH excluding ortho intramolecular Hbond substituents is 1. The van der Waals surface area contributed by atoms with Crippen LogP contribution in [0, 0.1) is 0 Å². The molecule has 126 valence electrons. The molecule has 0 spiro atoms. The van der Waals surface area contributed by atoms with Crippen molar-refractivity contribution in [3.8, 4) is 17.0 Å². The molecule has 1 N–H and O–H groups in total. The fourth-order valence-electron chi connectivity index (χ4n) is 2.26. The van der Waals surface area contributed by atoms with Gasteiger partial charge in [-0.15, -0.1) is 11.3 Å². The van der Waals surface area contributed by atoms with Crippen LogP contribution in [-0.4, -0.2) is 22.5 Å². The maximum atomic E-state index is 9.61. The average Bonchev–Trinajstić information content (AvgIpc) is 3.02. The zero-order valence-corrected chi connectivity index (χ0v) is 14.8. The van der Waals surface area contributed by atoms with Gasteiger partial charge in [0.25, 0.3) is 0 Å². The highest BCUT2D eigenvalue weighted by Crippen LogP contribution is 2.19. The quantitative estimate of drug-likeness (QED) is 0.542. The lowest BCUT2D eigenvalue weighted by molar-refractivity contribution is 0.475. The first-order chi connectivity index (χ1) is 12.1. The minimum Gasteiger partial charge on any atom is -0.508 e. The molecule has 3 aromatic rings. The molecule has 25 heavy (non-hydrogen) atoms. The number of thiazole rings is 1. The van der Waals surface area contributed by atoms with Crippen LogP contribution in [0.3, 0.4) is 0 Å². The molecule has 0 saturated carbocycles. The highest BCUT2D eigenvalue weighted by atomic mass is 32.1. The highest BCUT2D eigenvalue weighted by molar-refractivity contribution is 7.07. The van der Waals surface area contributed by atoms with Crippen LogP contribution in [0.2, 0.25) is 0 Å². The van der Waals surface area contributed by atoms with E-state index < -0.39 is 0 Å². The summed E-state index contributed by atoms with van der Waals surface area (Å²) in [7, 11) is 0. The predicted molar refractivity (Wildman–Crippen MR) is 104 cm³/mol. The van der Waals surface area contributed by atoms with Gasteiger partial charge in [0.05, 0.1) is 18.5 Å². The molecule has 1 aromatic heterocycles. The standard InChI is InChI=1S/C20H19N3OS/c1-15(2)12-21-20-23(22-13-16-7-6-10-18(24)11-16)19(14-25-20)17-8-4-3-5-9-17/h3-11,13-14,24H,1,12H2,2H3. The lowest BCUT2D eigenvalue weighted by Crippen LogP contribution is -2.13. The summed E-state index contributed by atoms with van der Waals surface area (Å²) >= 11 is 1.54. The third-order valence-electron chi connectivity index (χ3n) is 3.43. The third kappa shape index (κ3) is 4.33. The van der Waals surface area contributed by atoms with Crippen LogP contribution in [-0.2, 0) is 0 Å². The maximum Gasteiger partial charge on any atom is 0.206 e. The Bertz CT molecular complexity index is 968. The Morgan fingerprint density at radius 1 is 1.20 bits per heavy atom. The predicted octanol–water partition coefficient (Wildman–Crippen LogP) is 4.28. The molecular formula is C20H19N3OS. The average molecular weight is 349 g/mol. The van der Waals surface area contributed by atoms with E-state index in [9.17, 15) is 5.11 Å². The Kier molecular flexibility index (Phi) is 5.26. The van der Waals surface area contributed by atoms with Gasteiger partial charge in [-0.2, -0.15) is 5.10 Å². The Hall–Kier alpha value is -2.92. The van der Waals surface area contributed by atoms with Crippen LogP contribution in [0.15, 0.2) is 82.2 Å². The number of aromatic hydroxyl groups is 1. The van der Waals surface area contributed by atoms with Crippen molar-refractivity contribution in [3.63, 3.8) is 0 Å². The van der Waals surface area contributed by atoms with Crippen molar-refractivity contribution < 1.29 is 5.11 Å². The molecule has 2 aromatic carbocycles. The summed E-state index contributed by atoms with van der Waals surface area (Å²) in [6.45, 7) is 6.42. The first-order valence-electron chi connectivity index (χ1n) is 7.88. The number of nitrogens with zero attached hydrogens (tertiary/aromatic N) is 3. The zero-order valence-electron chi connectivity index (χ0n) is 14.0. The zero-order chi connectivity index (χ0) is 17.6. The minimum atomic E-state index is 0.217. The molecule has 0 atom stereocenters. The number of hydrogen-bond donors (Lipinski definition) is 1. The number of benzene rings is 2. The van der Waals surface area contributed by atoms with Crippen molar-refractivity contribution in [1.82, 2.24) is 4.68 Å². The number of phenols is 1. The van der Waals surface area contributed by atoms with E-state index in [1.807, 2.05) is 53.4 Å². The van der Waals surface area contributed by atoms with E-state index in [4.69, 9.17) is 0 Å². The number of rotatable bonds is 5. The van der Waals surface area contributed by atoms with Crippen molar-refractivity contribution in [2.75, 3.05) is 6.54 Å². The van der Waals surface area contributed by atoms with Gasteiger partial charge in [0.1, 0.15) is 5.75 Å². The molecule has 1 heterocycles. The van der Waals surface area contributed by atoms with Gasteiger partial charge in [-0.25, -0.2) is 4.68 Å².